The van der Waals surface area contributed by atoms with Crippen LogP contribution in [-0.2, 0) is 9.59 Å². The van der Waals surface area contributed by atoms with E-state index < -0.39 is 0 Å². The first kappa shape index (κ1) is 17.9. The Kier molecular flexibility index (Phi) is 5.74. The molecule has 5 heteroatoms. The lowest BCUT2D eigenvalue weighted by atomic mass is 9.89. The number of hydrogen-bond donors (Lipinski definition) is 1. The zero-order valence-corrected chi connectivity index (χ0v) is 15.1. The Morgan fingerprint density at radius 2 is 1.96 bits per heavy atom. The third-order valence-electron chi connectivity index (χ3n) is 5.61. The number of hydrogen-bond acceptors (Lipinski definition) is 3. The first-order valence-corrected chi connectivity index (χ1v) is 9.49. The predicted octanol–water partition coefficient (Wildman–Crippen LogP) is 1.98. The van der Waals surface area contributed by atoms with Crippen LogP contribution in [0.3, 0.4) is 0 Å². The van der Waals surface area contributed by atoms with E-state index >= 15 is 0 Å². The second-order valence-electron chi connectivity index (χ2n) is 7.25. The summed E-state index contributed by atoms with van der Waals surface area (Å²) in [5.41, 5.74) is 7.24. The average Bonchev–Trinajstić information content (AvgIpc) is 3.29. The zero-order valence-electron chi connectivity index (χ0n) is 15.1. The molecule has 2 aliphatic rings. The zero-order chi connectivity index (χ0) is 17.8. The van der Waals surface area contributed by atoms with Crippen molar-refractivity contribution in [1.29, 1.82) is 0 Å². The monoisotopic (exact) mass is 343 g/mol. The van der Waals surface area contributed by atoms with E-state index in [1.54, 1.807) is 4.90 Å². The first-order chi connectivity index (χ1) is 12.2. The molecule has 0 bridgehead atoms. The molecule has 2 N–H and O–H groups in total. The maximum absolute atomic E-state index is 13.1. The molecule has 136 valence electrons. The highest BCUT2D eigenvalue weighted by molar-refractivity contribution is 5.88. The van der Waals surface area contributed by atoms with Crippen LogP contribution in [0.4, 0.5) is 0 Å². The summed E-state index contributed by atoms with van der Waals surface area (Å²) in [5, 5.41) is 0. The summed E-state index contributed by atoms with van der Waals surface area (Å²) in [7, 11) is 0. The minimum atomic E-state index is -0.271. The quantitative estimate of drug-likeness (QED) is 0.889. The number of nitrogens with zero attached hydrogens (tertiary/aromatic N) is 2. The second-order valence-corrected chi connectivity index (χ2v) is 7.25. The van der Waals surface area contributed by atoms with Gasteiger partial charge in [0.05, 0.1) is 0 Å². The Morgan fingerprint density at radius 1 is 1.20 bits per heavy atom. The van der Waals surface area contributed by atoms with Crippen LogP contribution in [0.5, 0.6) is 0 Å². The summed E-state index contributed by atoms with van der Waals surface area (Å²) in [4.78, 5) is 29.2. The maximum atomic E-state index is 13.1. The molecule has 3 atom stereocenters. The Balaban J connectivity index is 1.71. The number of nitrogens with two attached hydrogens (primary N) is 1. The minimum absolute atomic E-state index is 0.110. The molecule has 2 heterocycles. The topological polar surface area (TPSA) is 66.6 Å². The molecule has 2 fully saturated rings. The van der Waals surface area contributed by atoms with E-state index in [4.69, 9.17) is 5.73 Å². The number of amides is 2. The fraction of sp³-hybridized carbons (Fsp3) is 0.600. The van der Waals surface area contributed by atoms with Gasteiger partial charge in [-0.1, -0.05) is 37.3 Å². The van der Waals surface area contributed by atoms with Gasteiger partial charge in [-0.05, 0) is 37.3 Å². The fourth-order valence-electron chi connectivity index (χ4n) is 4.26. The molecule has 0 aliphatic carbocycles. The van der Waals surface area contributed by atoms with E-state index in [-0.39, 0.29) is 29.7 Å². The Hall–Kier alpha value is -1.88. The molecular weight excluding hydrogens is 314 g/mol. The van der Waals surface area contributed by atoms with Crippen LogP contribution in [0.25, 0.3) is 0 Å². The van der Waals surface area contributed by atoms with E-state index in [9.17, 15) is 9.59 Å². The molecule has 2 amide bonds. The van der Waals surface area contributed by atoms with Gasteiger partial charge in [0, 0.05) is 32.0 Å². The Labute approximate surface area is 150 Å². The summed E-state index contributed by atoms with van der Waals surface area (Å²) in [5.74, 6) is 0.801. The SMILES string of the molecule is CCCC(=O)N1CCCC1C(=O)N1C[C@@H](CN)[C@H](c2ccccc2)C1. The summed E-state index contributed by atoms with van der Waals surface area (Å²) in [6.07, 6.45) is 3.06. The molecule has 0 spiro atoms. The lowest BCUT2D eigenvalue weighted by Crippen LogP contribution is -2.47. The fourth-order valence-corrected chi connectivity index (χ4v) is 4.26. The van der Waals surface area contributed by atoms with Crippen LogP contribution in [0, 0.1) is 5.92 Å². The van der Waals surface area contributed by atoms with Crippen molar-refractivity contribution < 1.29 is 9.59 Å². The van der Waals surface area contributed by atoms with E-state index in [0.29, 0.717) is 32.6 Å². The molecule has 1 aromatic carbocycles. The lowest BCUT2D eigenvalue weighted by Gasteiger charge is -2.28. The first-order valence-electron chi connectivity index (χ1n) is 9.49. The number of likely N-dealkylation sites (tertiary alicyclic amines) is 2. The van der Waals surface area contributed by atoms with Gasteiger partial charge in [0.15, 0.2) is 0 Å². The van der Waals surface area contributed by atoms with Gasteiger partial charge in [0.25, 0.3) is 0 Å². The number of benzene rings is 1. The highest BCUT2D eigenvalue weighted by Crippen LogP contribution is 2.33. The smallest absolute Gasteiger partial charge is 0.245 e. The van der Waals surface area contributed by atoms with Gasteiger partial charge < -0.3 is 15.5 Å². The van der Waals surface area contributed by atoms with Crippen molar-refractivity contribution in [2.24, 2.45) is 11.7 Å². The molecule has 5 nitrogen and oxygen atoms in total. The van der Waals surface area contributed by atoms with Crippen LogP contribution in [-0.4, -0.2) is 53.8 Å². The maximum Gasteiger partial charge on any atom is 0.245 e. The van der Waals surface area contributed by atoms with E-state index in [2.05, 4.69) is 12.1 Å². The van der Waals surface area contributed by atoms with E-state index in [1.165, 1.54) is 5.56 Å². The molecule has 1 aromatic rings. The van der Waals surface area contributed by atoms with Crippen LogP contribution < -0.4 is 5.73 Å². The third kappa shape index (κ3) is 3.71. The van der Waals surface area contributed by atoms with Crippen LogP contribution in [0.1, 0.15) is 44.1 Å². The number of rotatable bonds is 5. The van der Waals surface area contributed by atoms with Crippen LogP contribution in [0.15, 0.2) is 30.3 Å². The Bertz CT molecular complexity index is 604. The normalized spacial score (nSPS) is 26.2. The van der Waals surface area contributed by atoms with Gasteiger partial charge in [-0.3, -0.25) is 9.59 Å². The summed E-state index contributed by atoms with van der Waals surface area (Å²) in [6, 6.07) is 10.0. The molecule has 3 rings (SSSR count). The van der Waals surface area contributed by atoms with Crippen molar-refractivity contribution in [3.05, 3.63) is 35.9 Å². The number of carbonyl (C=O) groups is 2. The molecule has 2 saturated heterocycles. The molecule has 0 aromatic heterocycles. The van der Waals surface area contributed by atoms with Crippen LogP contribution in [0.2, 0.25) is 0 Å². The molecule has 1 unspecified atom stereocenters. The van der Waals surface area contributed by atoms with Crippen molar-refractivity contribution in [2.75, 3.05) is 26.2 Å². The highest BCUT2D eigenvalue weighted by atomic mass is 16.2. The summed E-state index contributed by atoms with van der Waals surface area (Å²) in [6.45, 7) is 4.69. The van der Waals surface area contributed by atoms with Gasteiger partial charge in [0.2, 0.25) is 11.8 Å². The van der Waals surface area contributed by atoms with Gasteiger partial charge in [-0.15, -0.1) is 0 Å². The van der Waals surface area contributed by atoms with Crippen molar-refractivity contribution in [3.63, 3.8) is 0 Å². The van der Waals surface area contributed by atoms with Crippen molar-refractivity contribution in [1.82, 2.24) is 9.80 Å². The van der Waals surface area contributed by atoms with E-state index in [0.717, 1.165) is 19.3 Å². The predicted molar refractivity (Wildman–Crippen MR) is 98.0 cm³/mol. The van der Waals surface area contributed by atoms with Crippen molar-refractivity contribution in [2.45, 2.75) is 44.6 Å². The standard InChI is InChI=1S/C20H29N3O2/c1-2-7-19(24)23-11-6-10-18(23)20(25)22-13-16(12-21)17(14-22)15-8-4-3-5-9-15/h3-5,8-9,16-18H,2,6-7,10-14,21H2,1H3/t16-,17+,18?/m1/s1. The number of carbonyl (C=O) groups excluding carboxylic acids is 2. The molecule has 0 saturated carbocycles. The third-order valence-corrected chi connectivity index (χ3v) is 5.61. The molecule has 25 heavy (non-hydrogen) atoms. The molecule has 2 aliphatic heterocycles. The van der Waals surface area contributed by atoms with Gasteiger partial charge >= 0.3 is 0 Å². The van der Waals surface area contributed by atoms with Gasteiger partial charge in [0.1, 0.15) is 6.04 Å². The Morgan fingerprint density at radius 3 is 2.64 bits per heavy atom. The minimum Gasteiger partial charge on any atom is -0.340 e. The van der Waals surface area contributed by atoms with Gasteiger partial charge in [-0.2, -0.15) is 0 Å². The van der Waals surface area contributed by atoms with E-state index in [1.807, 2.05) is 30.0 Å². The highest BCUT2D eigenvalue weighted by Gasteiger charge is 2.41. The summed E-state index contributed by atoms with van der Waals surface area (Å²) >= 11 is 0. The molecule has 0 radical (unpaired) electrons. The second kappa shape index (κ2) is 8.00. The lowest BCUT2D eigenvalue weighted by molar-refractivity contribution is -0.143. The average molecular weight is 343 g/mol. The largest absolute Gasteiger partial charge is 0.340 e. The van der Waals surface area contributed by atoms with Crippen LogP contribution >= 0.6 is 0 Å². The van der Waals surface area contributed by atoms with Crippen molar-refractivity contribution >= 4 is 11.8 Å². The van der Waals surface area contributed by atoms with Gasteiger partial charge in [-0.25, -0.2) is 0 Å². The molecular formula is C20H29N3O2. The summed E-state index contributed by atoms with van der Waals surface area (Å²) < 4.78 is 0. The van der Waals surface area contributed by atoms with Crippen molar-refractivity contribution in [3.8, 4) is 0 Å².